The van der Waals surface area contributed by atoms with Gasteiger partial charge in [0.1, 0.15) is 5.60 Å². The van der Waals surface area contributed by atoms with Crippen molar-refractivity contribution in [3.63, 3.8) is 0 Å². The highest BCUT2D eigenvalue weighted by atomic mass is 16.7. The monoisotopic (exact) mass is 301 g/mol. The highest BCUT2D eigenvalue weighted by molar-refractivity contribution is 6.62. The normalized spacial score (nSPS) is 28.0. The van der Waals surface area contributed by atoms with Crippen molar-refractivity contribution in [2.45, 2.75) is 51.1 Å². The molecule has 0 aliphatic carbocycles. The molecular weight excluding hydrogens is 277 g/mol. The molecule has 1 spiro atoms. The quantitative estimate of drug-likeness (QED) is 0.738. The van der Waals surface area contributed by atoms with Gasteiger partial charge in [-0.05, 0) is 51.3 Å². The summed E-state index contributed by atoms with van der Waals surface area (Å²) >= 11 is 0. The topological polar surface area (TPSA) is 30.9 Å². The van der Waals surface area contributed by atoms with E-state index in [2.05, 4.69) is 57.8 Å². The average Bonchev–Trinajstić information content (AvgIpc) is 2.85. The second-order valence-electron chi connectivity index (χ2n) is 7.96. The van der Waals surface area contributed by atoms with Crippen molar-refractivity contribution in [1.29, 1.82) is 0 Å². The van der Waals surface area contributed by atoms with Gasteiger partial charge in [0.15, 0.2) is 0 Å². The number of hydrogen-bond acceptors (Lipinski definition) is 4. The van der Waals surface area contributed by atoms with Crippen LogP contribution in [0.1, 0.15) is 38.8 Å². The molecule has 22 heavy (non-hydrogen) atoms. The lowest BCUT2D eigenvalue weighted by atomic mass is 9.76. The first-order chi connectivity index (χ1) is 10.2. The summed E-state index contributed by atoms with van der Waals surface area (Å²) in [6, 6.07) is 6.54. The molecule has 0 unspecified atom stereocenters. The van der Waals surface area contributed by atoms with Crippen molar-refractivity contribution >= 4 is 12.6 Å². The fourth-order valence-electron chi connectivity index (χ4n) is 3.68. The van der Waals surface area contributed by atoms with E-state index < -0.39 is 0 Å². The highest BCUT2D eigenvalue weighted by Crippen LogP contribution is 2.43. The van der Waals surface area contributed by atoms with Crippen LogP contribution >= 0.6 is 0 Å². The van der Waals surface area contributed by atoms with Crippen molar-refractivity contribution in [2.24, 2.45) is 0 Å². The summed E-state index contributed by atoms with van der Waals surface area (Å²) in [5.74, 6) is 0. The maximum Gasteiger partial charge on any atom is 0.494 e. The van der Waals surface area contributed by atoms with Gasteiger partial charge >= 0.3 is 7.12 Å². The molecule has 0 aromatic heterocycles. The number of rotatable bonds is 1. The van der Waals surface area contributed by atoms with Gasteiger partial charge in [-0.25, -0.2) is 0 Å². The van der Waals surface area contributed by atoms with Crippen LogP contribution in [0.15, 0.2) is 18.2 Å². The van der Waals surface area contributed by atoms with Crippen LogP contribution < -0.4 is 5.46 Å². The summed E-state index contributed by atoms with van der Waals surface area (Å²) < 4.78 is 18.4. The number of hydrogen-bond donors (Lipinski definition) is 0. The first kappa shape index (κ1) is 14.7. The van der Waals surface area contributed by atoms with E-state index in [4.69, 9.17) is 14.0 Å². The Kier molecular flexibility index (Phi) is 2.91. The van der Waals surface area contributed by atoms with Crippen molar-refractivity contribution in [1.82, 2.24) is 4.90 Å². The van der Waals surface area contributed by atoms with Crippen LogP contribution in [0.5, 0.6) is 0 Å². The van der Waals surface area contributed by atoms with E-state index in [1.54, 1.807) is 0 Å². The summed E-state index contributed by atoms with van der Waals surface area (Å²) in [7, 11) is 1.83. The molecule has 3 aliphatic rings. The van der Waals surface area contributed by atoms with E-state index >= 15 is 0 Å². The van der Waals surface area contributed by atoms with E-state index in [0.29, 0.717) is 6.61 Å². The number of ether oxygens (including phenoxy) is 1. The second kappa shape index (κ2) is 4.35. The van der Waals surface area contributed by atoms with Gasteiger partial charge in [-0.2, -0.15) is 0 Å². The molecule has 1 aromatic rings. The van der Waals surface area contributed by atoms with Gasteiger partial charge in [-0.15, -0.1) is 0 Å². The number of likely N-dealkylation sites (tertiary alicyclic amines) is 1. The van der Waals surface area contributed by atoms with E-state index in [1.165, 1.54) is 11.1 Å². The third kappa shape index (κ3) is 1.93. The maximum absolute atomic E-state index is 6.15. The van der Waals surface area contributed by atoms with Gasteiger partial charge in [-0.3, -0.25) is 4.90 Å². The molecule has 0 amide bonds. The predicted octanol–water partition coefficient (Wildman–Crippen LogP) is 1.66. The lowest BCUT2D eigenvalue weighted by Crippen LogP contribution is -2.57. The number of likely N-dealkylation sites (N-methyl/N-ethyl adjacent to an activating group) is 1. The van der Waals surface area contributed by atoms with E-state index in [1.807, 2.05) is 0 Å². The van der Waals surface area contributed by atoms with Crippen molar-refractivity contribution in [3.05, 3.63) is 29.3 Å². The Hall–Kier alpha value is -0.875. The van der Waals surface area contributed by atoms with Crippen LogP contribution in [0.2, 0.25) is 0 Å². The maximum atomic E-state index is 6.15. The van der Waals surface area contributed by atoms with Crippen molar-refractivity contribution < 1.29 is 14.0 Å². The number of fused-ring (bicyclic) bond motifs is 2. The molecule has 4 nitrogen and oxygen atoms in total. The minimum atomic E-state index is -0.301. The van der Waals surface area contributed by atoms with Crippen LogP contribution in [-0.2, 0) is 26.3 Å². The van der Waals surface area contributed by atoms with Crippen LogP contribution in [0.4, 0.5) is 0 Å². The third-order valence-corrected chi connectivity index (χ3v) is 5.70. The third-order valence-electron chi connectivity index (χ3n) is 5.70. The molecule has 1 aromatic carbocycles. The second-order valence-corrected chi connectivity index (χ2v) is 7.96. The minimum absolute atomic E-state index is 0.0709. The molecule has 0 radical (unpaired) electrons. The Morgan fingerprint density at radius 3 is 2.27 bits per heavy atom. The summed E-state index contributed by atoms with van der Waals surface area (Å²) in [6.07, 6.45) is 0. The molecule has 5 heteroatoms. The lowest BCUT2D eigenvalue weighted by Gasteiger charge is -2.45. The zero-order valence-electron chi connectivity index (χ0n) is 14.1. The van der Waals surface area contributed by atoms with Gasteiger partial charge in [0.2, 0.25) is 0 Å². The molecule has 3 aliphatic heterocycles. The standard InChI is InChI=1S/C17H24BNO3/c1-15(2)16(3,4)22-18(21-15)13-6-7-14-12(8-13)9-20-17(14)10-19(5)11-17/h6-8H,9-11H2,1-5H3. The largest absolute Gasteiger partial charge is 0.494 e. The summed E-state index contributed by atoms with van der Waals surface area (Å²) in [4.78, 5) is 2.29. The van der Waals surface area contributed by atoms with Crippen LogP contribution in [0.3, 0.4) is 0 Å². The minimum Gasteiger partial charge on any atom is -0.399 e. The van der Waals surface area contributed by atoms with Crippen LogP contribution in [-0.4, -0.2) is 43.4 Å². The number of nitrogens with zero attached hydrogens (tertiary/aromatic N) is 1. The molecule has 2 saturated heterocycles. The fraction of sp³-hybridized carbons (Fsp3) is 0.647. The molecule has 118 valence electrons. The fourth-order valence-corrected chi connectivity index (χ4v) is 3.68. The van der Waals surface area contributed by atoms with Gasteiger partial charge in [0.05, 0.1) is 17.8 Å². The Bertz CT molecular complexity index is 606. The molecule has 0 N–H and O–H groups in total. The Morgan fingerprint density at radius 1 is 1.05 bits per heavy atom. The lowest BCUT2D eigenvalue weighted by molar-refractivity contribution is -0.132. The van der Waals surface area contributed by atoms with Crippen molar-refractivity contribution in [3.8, 4) is 0 Å². The summed E-state index contributed by atoms with van der Waals surface area (Å²) in [5.41, 5.74) is 3.03. The van der Waals surface area contributed by atoms with E-state index in [-0.39, 0.29) is 23.9 Å². The number of benzene rings is 1. The molecular formula is C17H24BNO3. The predicted molar refractivity (Wildman–Crippen MR) is 86.1 cm³/mol. The zero-order valence-corrected chi connectivity index (χ0v) is 14.1. The van der Waals surface area contributed by atoms with E-state index in [9.17, 15) is 0 Å². The summed E-state index contributed by atoms with van der Waals surface area (Å²) in [6.45, 7) is 11.0. The first-order valence-corrected chi connectivity index (χ1v) is 8.04. The van der Waals surface area contributed by atoms with Crippen LogP contribution in [0.25, 0.3) is 0 Å². The van der Waals surface area contributed by atoms with Crippen LogP contribution in [0, 0.1) is 0 Å². The molecule has 4 rings (SSSR count). The summed E-state index contributed by atoms with van der Waals surface area (Å²) in [5, 5.41) is 0. The van der Waals surface area contributed by atoms with Gasteiger partial charge in [0, 0.05) is 13.1 Å². The molecule has 2 fully saturated rings. The Balaban J connectivity index is 1.62. The molecule has 0 bridgehead atoms. The highest BCUT2D eigenvalue weighted by Gasteiger charge is 2.53. The molecule has 0 saturated carbocycles. The van der Waals surface area contributed by atoms with E-state index in [0.717, 1.165) is 18.6 Å². The SMILES string of the molecule is CN1CC2(C1)OCc1cc(B3OC(C)(C)C(C)(C)O3)ccc12. The zero-order chi connectivity index (χ0) is 15.8. The van der Waals surface area contributed by atoms with Crippen molar-refractivity contribution in [2.75, 3.05) is 20.1 Å². The first-order valence-electron chi connectivity index (χ1n) is 8.04. The molecule has 0 atom stereocenters. The Morgan fingerprint density at radius 2 is 1.68 bits per heavy atom. The van der Waals surface area contributed by atoms with Gasteiger partial charge in [-0.1, -0.05) is 18.2 Å². The van der Waals surface area contributed by atoms with Gasteiger partial charge < -0.3 is 14.0 Å². The Labute approximate surface area is 132 Å². The average molecular weight is 301 g/mol. The smallest absolute Gasteiger partial charge is 0.399 e. The van der Waals surface area contributed by atoms with Gasteiger partial charge in [0.25, 0.3) is 0 Å². The molecule has 3 heterocycles.